The molecule has 0 radical (unpaired) electrons. The molecule has 1 aromatic heterocycles. The summed E-state index contributed by atoms with van der Waals surface area (Å²) in [7, 11) is 0. The van der Waals surface area contributed by atoms with Gasteiger partial charge in [0.25, 0.3) is 6.20 Å². The van der Waals surface area contributed by atoms with Crippen molar-refractivity contribution in [2.45, 2.75) is 18.7 Å². The van der Waals surface area contributed by atoms with Crippen LogP contribution in [0.4, 0.5) is 0 Å². The second kappa shape index (κ2) is 8.93. The highest BCUT2D eigenvalue weighted by atomic mass is 32.2. The van der Waals surface area contributed by atoms with Crippen LogP contribution in [-0.2, 0) is 5.75 Å². The molecule has 8 heteroatoms. The number of hydrogen-bond donors (Lipinski definition) is 2. The van der Waals surface area contributed by atoms with E-state index >= 15 is 0 Å². The highest BCUT2D eigenvalue weighted by molar-refractivity contribution is 8.02. The van der Waals surface area contributed by atoms with E-state index in [0.29, 0.717) is 11.6 Å². The molecule has 0 spiro atoms. The van der Waals surface area contributed by atoms with Crippen LogP contribution in [0.15, 0.2) is 27.8 Å². The van der Waals surface area contributed by atoms with Crippen molar-refractivity contribution in [3.8, 4) is 0 Å². The van der Waals surface area contributed by atoms with Crippen LogP contribution >= 0.6 is 23.5 Å². The average molecular weight is 317 g/mol. The zero-order chi connectivity index (χ0) is 15.0. The Morgan fingerprint density at radius 1 is 1.65 bits per heavy atom. The van der Waals surface area contributed by atoms with Crippen molar-refractivity contribution < 1.29 is 9.34 Å². The van der Waals surface area contributed by atoms with Crippen molar-refractivity contribution in [3.63, 3.8) is 0 Å². The molecule has 1 unspecified atom stereocenters. The minimum atomic E-state index is -0.454. The van der Waals surface area contributed by atoms with Crippen molar-refractivity contribution in [1.29, 1.82) is 0 Å². The number of furan rings is 1. The molecule has 1 rings (SSSR count). The van der Waals surface area contributed by atoms with Gasteiger partial charge in [0.05, 0.1) is 16.7 Å². The molecule has 20 heavy (non-hydrogen) atoms. The van der Waals surface area contributed by atoms with E-state index in [1.165, 1.54) is 11.8 Å². The molecule has 0 aliphatic carbocycles. The lowest BCUT2D eigenvalue weighted by molar-refractivity contribution is -0.403. The predicted molar refractivity (Wildman–Crippen MR) is 84.1 cm³/mol. The zero-order valence-electron chi connectivity index (χ0n) is 11.5. The molecule has 0 aliphatic heterocycles. The number of rotatable bonds is 9. The average Bonchev–Trinajstić information content (AvgIpc) is 2.85. The standard InChI is InChI=1S/C12H19N3O3S2/c1-9(13)11-4-3-10(18-11)8-20-6-5-14-12(19-2)7-15(16)17/h3-4,7,9,14H,5-6,8,13H2,1-2H3. The van der Waals surface area contributed by atoms with E-state index in [1.54, 1.807) is 18.0 Å². The van der Waals surface area contributed by atoms with Crippen LogP contribution in [0.2, 0.25) is 0 Å². The summed E-state index contributed by atoms with van der Waals surface area (Å²) < 4.78 is 5.58. The van der Waals surface area contributed by atoms with Crippen molar-refractivity contribution in [3.05, 3.63) is 45.0 Å². The molecule has 0 aliphatic rings. The number of nitrogens with zero attached hydrogens (tertiary/aromatic N) is 1. The Bertz CT molecular complexity index is 461. The third kappa shape index (κ3) is 6.36. The Balaban J connectivity index is 2.23. The Morgan fingerprint density at radius 3 is 2.95 bits per heavy atom. The van der Waals surface area contributed by atoms with Crippen molar-refractivity contribution in [1.82, 2.24) is 5.32 Å². The van der Waals surface area contributed by atoms with Crippen molar-refractivity contribution in [2.24, 2.45) is 5.73 Å². The van der Waals surface area contributed by atoms with Crippen LogP contribution in [0.3, 0.4) is 0 Å². The van der Waals surface area contributed by atoms with Crippen LogP contribution in [0, 0.1) is 10.1 Å². The first-order valence-corrected chi connectivity index (χ1v) is 8.46. The fraction of sp³-hybridized carbons (Fsp3) is 0.500. The van der Waals surface area contributed by atoms with Gasteiger partial charge in [-0.2, -0.15) is 11.8 Å². The fourth-order valence-electron chi connectivity index (χ4n) is 1.40. The van der Waals surface area contributed by atoms with Gasteiger partial charge < -0.3 is 15.5 Å². The summed E-state index contributed by atoms with van der Waals surface area (Å²) in [6, 6.07) is 3.73. The normalized spacial score (nSPS) is 13.2. The maximum absolute atomic E-state index is 10.3. The molecule has 1 atom stereocenters. The van der Waals surface area contributed by atoms with Gasteiger partial charge in [0, 0.05) is 12.3 Å². The van der Waals surface area contributed by atoms with Gasteiger partial charge in [0.1, 0.15) is 16.5 Å². The lowest BCUT2D eigenvalue weighted by Crippen LogP contribution is -2.15. The molecular formula is C12H19N3O3S2. The Kier molecular flexibility index (Phi) is 7.56. The first-order valence-electron chi connectivity index (χ1n) is 6.08. The summed E-state index contributed by atoms with van der Waals surface area (Å²) >= 11 is 3.03. The molecular weight excluding hydrogens is 298 g/mol. The maximum Gasteiger partial charge on any atom is 0.263 e. The SMILES string of the molecule is CSC(=C[N+](=O)[O-])NCCSCc1ccc(C(C)N)o1. The number of hydrogen-bond acceptors (Lipinski definition) is 7. The van der Waals surface area contributed by atoms with Gasteiger partial charge in [-0.3, -0.25) is 10.1 Å². The second-order valence-electron chi connectivity index (χ2n) is 4.05. The quantitative estimate of drug-likeness (QED) is 0.410. The van der Waals surface area contributed by atoms with E-state index in [0.717, 1.165) is 29.2 Å². The number of thioether (sulfide) groups is 2. The van der Waals surface area contributed by atoms with Crippen molar-refractivity contribution in [2.75, 3.05) is 18.6 Å². The molecule has 0 saturated carbocycles. The van der Waals surface area contributed by atoms with E-state index in [4.69, 9.17) is 10.2 Å². The monoisotopic (exact) mass is 317 g/mol. The van der Waals surface area contributed by atoms with E-state index in [-0.39, 0.29) is 6.04 Å². The van der Waals surface area contributed by atoms with E-state index in [9.17, 15) is 10.1 Å². The van der Waals surface area contributed by atoms with Crippen LogP contribution in [-0.4, -0.2) is 23.5 Å². The van der Waals surface area contributed by atoms with Gasteiger partial charge in [0.15, 0.2) is 0 Å². The summed E-state index contributed by atoms with van der Waals surface area (Å²) in [6.45, 7) is 2.55. The number of nitrogens with two attached hydrogens (primary N) is 1. The summed E-state index contributed by atoms with van der Waals surface area (Å²) in [5.74, 6) is 3.29. The van der Waals surface area contributed by atoms with Crippen LogP contribution in [0.25, 0.3) is 0 Å². The Labute approximate surface area is 126 Å². The summed E-state index contributed by atoms with van der Waals surface area (Å²) in [5.41, 5.74) is 5.72. The highest BCUT2D eigenvalue weighted by Crippen LogP contribution is 2.18. The molecule has 0 amide bonds. The molecule has 1 heterocycles. The van der Waals surface area contributed by atoms with Gasteiger partial charge in [-0.05, 0) is 25.3 Å². The largest absolute Gasteiger partial charge is 0.464 e. The Hall–Kier alpha value is -1.12. The topological polar surface area (TPSA) is 94.3 Å². The van der Waals surface area contributed by atoms with Gasteiger partial charge in [-0.15, -0.1) is 11.8 Å². The number of nitro groups is 1. The van der Waals surface area contributed by atoms with Crippen LogP contribution < -0.4 is 11.1 Å². The molecule has 0 bridgehead atoms. The minimum Gasteiger partial charge on any atom is -0.464 e. The van der Waals surface area contributed by atoms with E-state index in [1.807, 2.05) is 19.1 Å². The molecule has 3 N–H and O–H groups in total. The molecule has 0 fully saturated rings. The smallest absolute Gasteiger partial charge is 0.263 e. The predicted octanol–water partition coefficient (Wildman–Crippen LogP) is 2.56. The third-order valence-electron chi connectivity index (χ3n) is 2.36. The molecule has 0 saturated heterocycles. The summed E-state index contributed by atoms with van der Waals surface area (Å²) in [5, 5.41) is 13.9. The first kappa shape index (κ1) is 16.9. The zero-order valence-corrected chi connectivity index (χ0v) is 13.1. The van der Waals surface area contributed by atoms with Crippen LogP contribution in [0.5, 0.6) is 0 Å². The molecule has 112 valence electrons. The molecule has 1 aromatic rings. The highest BCUT2D eigenvalue weighted by Gasteiger charge is 2.06. The van der Waals surface area contributed by atoms with E-state index in [2.05, 4.69) is 5.32 Å². The number of nitrogens with one attached hydrogen (secondary N) is 1. The van der Waals surface area contributed by atoms with Gasteiger partial charge in [-0.1, -0.05) is 0 Å². The van der Waals surface area contributed by atoms with Crippen molar-refractivity contribution >= 4 is 23.5 Å². The maximum atomic E-state index is 10.3. The van der Waals surface area contributed by atoms with Gasteiger partial charge in [0.2, 0.25) is 0 Å². The van der Waals surface area contributed by atoms with E-state index < -0.39 is 4.92 Å². The van der Waals surface area contributed by atoms with Gasteiger partial charge >= 0.3 is 0 Å². The molecule has 6 nitrogen and oxygen atoms in total. The van der Waals surface area contributed by atoms with Crippen LogP contribution in [0.1, 0.15) is 24.5 Å². The summed E-state index contributed by atoms with van der Waals surface area (Å²) in [6.07, 6.45) is 2.78. The lowest BCUT2D eigenvalue weighted by Gasteiger charge is -2.05. The Morgan fingerprint density at radius 2 is 2.40 bits per heavy atom. The minimum absolute atomic E-state index is 0.0909. The second-order valence-corrected chi connectivity index (χ2v) is 6.01. The lowest BCUT2D eigenvalue weighted by atomic mass is 10.3. The van der Waals surface area contributed by atoms with Gasteiger partial charge in [-0.25, -0.2) is 0 Å². The first-order chi connectivity index (χ1) is 9.52. The summed E-state index contributed by atoms with van der Waals surface area (Å²) in [4.78, 5) is 9.89. The third-order valence-corrected chi connectivity index (χ3v) is 4.03. The molecule has 0 aromatic carbocycles. The fourth-order valence-corrected chi connectivity index (χ4v) is 2.59.